The van der Waals surface area contributed by atoms with Gasteiger partial charge in [-0.3, -0.25) is 0 Å². The smallest absolute Gasteiger partial charge is 0.124 e. The van der Waals surface area contributed by atoms with E-state index in [4.69, 9.17) is 5.73 Å². The van der Waals surface area contributed by atoms with E-state index in [1.54, 1.807) is 6.20 Å². The van der Waals surface area contributed by atoms with E-state index < -0.39 is 0 Å². The van der Waals surface area contributed by atoms with Crippen LogP contribution in [0.5, 0.6) is 0 Å². The quantitative estimate of drug-likeness (QED) is 0.703. The molecular formula is C8H12N2S. The van der Waals surface area contributed by atoms with Crippen molar-refractivity contribution in [3.05, 3.63) is 18.3 Å². The zero-order valence-corrected chi connectivity index (χ0v) is 7.40. The van der Waals surface area contributed by atoms with Gasteiger partial charge in [0.05, 0.1) is 0 Å². The average Bonchev–Trinajstić information content (AvgIpc) is 2.01. The minimum absolute atomic E-state index is 0.603. The Morgan fingerprint density at radius 2 is 2.45 bits per heavy atom. The highest BCUT2D eigenvalue weighted by atomic mass is 32.2. The number of pyridine rings is 1. The number of hydrogen-bond acceptors (Lipinski definition) is 3. The van der Waals surface area contributed by atoms with Crippen LogP contribution in [-0.4, -0.2) is 10.7 Å². The molecule has 0 fully saturated rings. The maximum absolute atomic E-state index is 5.51. The number of nitrogen functional groups attached to an aromatic ring is 1. The molecule has 1 heterocycles. The van der Waals surface area contributed by atoms with Crippen LogP contribution in [0.3, 0.4) is 0 Å². The molecule has 0 unspecified atom stereocenters. The molecule has 0 aliphatic carbocycles. The van der Waals surface area contributed by atoms with Crippen LogP contribution < -0.4 is 5.73 Å². The molecule has 0 aliphatic heterocycles. The number of rotatable bonds is 3. The summed E-state index contributed by atoms with van der Waals surface area (Å²) in [6.45, 7) is 2.16. The fraction of sp³-hybridized carbons (Fsp3) is 0.375. The number of aromatic nitrogens is 1. The predicted molar refractivity (Wildman–Crippen MR) is 49.7 cm³/mol. The minimum Gasteiger partial charge on any atom is -0.384 e. The lowest BCUT2D eigenvalue weighted by Crippen LogP contribution is -1.88. The van der Waals surface area contributed by atoms with Gasteiger partial charge in [0, 0.05) is 11.1 Å². The van der Waals surface area contributed by atoms with Crippen molar-refractivity contribution in [2.75, 3.05) is 11.5 Å². The fourth-order valence-corrected chi connectivity index (χ4v) is 1.54. The largest absolute Gasteiger partial charge is 0.384 e. The molecule has 0 spiro atoms. The van der Waals surface area contributed by atoms with Crippen LogP contribution >= 0.6 is 11.8 Å². The van der Waals surface area contributed by atoms with E-state index in [9.17, 15) is 0 Å². The molecule has 0 saturated carbocycles. The highest BCUT2D eigenvalue weighted by molar-refractivity contribution is 7.99. The van der Waals surface area contributed by atoms with Gasteiger partial charge in [0.2, 0.25) is 0 Å². The Hall–Kier alpha value is -0.700. The van der Waals surface area contributed by atoms with Crippen molar-refractivity contribution >= 4 is 17.6 Å². The van der Waals surface area contributed by atoms with Crippen LogP contribution in [-0.2, 0) is 0 Å². The molecular weight excluding hydrogens is 156 g/mol. The van der Waals surface area contributed by atoms with Gasteiger partial charge in [0.15, 0.2) is 0 Å². The van der Waals surface area contributed by atoms with Gasteiger partial charge in [-0.1, -0.05) is 6.92 Å². The zero-order chi connectivity index (χ0) is 8.10. The first-order chi connectivity index (χ1) is 5.33. The SMILES string of the molecule is CCCSc1ccnc(N)c1. The number of nitrogens with two attached hydrogens (primary N) is 1. The van der Waals surface area contributed by atoms with Gasteiger partial charge in [0.25, 0.3) is 0 Å². The van der Waals surface area contributed by atoms with Crippen molar-refractivity contribution in [1.82, 2.24) is 4.98 Å². The fourth-order valence-electron chi connectivity index (χ4n) is 0.738. The molecule has 1 rings (SSSR count). The van der Waals surface area contributed by atoms with E-state index >= 15 is 0 Å². The summed E-state index contributed by atoms with van der Waals surface area (Å²) in [5.74, 6) is 1.75. The van der Waals surface area contributed by atoms with Crippen molar-refractivity contribution in [2.24, 2.45) is 0 Å². The molecule has 2 nitrogen and oxygen atoms in total. The molecule has 1 aromatic rings. The summed E-state index contributed by atoms with van der Waals surface area (Å²) in [5.41, 5.74) is 5.51. The van der Waals surface area contributed by atoms with Crippen molar-refractivity contribution in [1.29, 1.82) is 0 Å². The summed E-state index contributed by atoms with van der Waals surface area (Å²) < 4.78 is 0. The molecule has 2 N–H and O–H groups in total. The lowest BCUT2D eigenvalue weighted by Gasteiger charge is -1.98. The normalized spacial score (nSPS) is 9.91. The second kappa shape index (κ2) is 4.23. The zero-order valence-electron chi connectivity index (χ0n) is 6.58. The second-order valence-electron chi connectivity index (χ2n) is 2.26. The Morgan fingerprint density at radius 3 is 3.09 bits per heavy atom. The molecule has 0 atom stereocenters. The van der Waals surface area contributed by atoms with Gasteiger partial charge >= 0.3 is 0 Å². The maximum atomic E-state index is 5.51. The Kier molecular flexibility index (Phi) is 3.23. The van der Waals surface area contributed by atoms with Crippen LogP contribution in [0.1, 0.15) is 13.3 Å². The Morgan fingerprint density at radius 1 is 1.64 bits per heavy atom. The van der Waals surface area contributed by atoms with Crippen molar-refractivity contribution < 1.29 is 0 Å². The van der Waals surface area contributed by atoms with E-state index in [0.29, 0.717) is 5.82 Å². The summed E-state index contributed by atoms with van der Waals surface area (Å²) in [6.07, 6.45) is 2.93. The molecule has 11 heavy (non-hydrogen) atoms. The monoisotopic (exact) mass is 168 g/mol. The molecule has 0 amide bonds. The van der Waals surface area contributed by atoms with Crippen LogP contribution in [0.4, 0.5) is 5.82 Å². The third kappa shape index (κ3) is 2.80. The number of nitrogens with zero attached hydrogens (tertiary/aromatic N) is 1. The lowest BCUT2D eigenvalue weighted by molar-refractivity contribution is 1.10. The highest BCUT2D eigenvalue weighted by Crippen LogP contribution is 2.18. The van der Waals surface area contributed by atoms with E-state index in [1.165, 1.54) is 11.3 Å². The van der Waals surface area contributed by atoms with Crippen molar-refractivity contribution in [3.8, 4) is 0 Å². The van der Waals surface area contributed by atoms with E-state index in [1.807, 2.05) is 23.9 Å². The number of thioether (sulfide) groups is 1. The number of anilines is 1. The molecule has 1 aromatic heterocycles. The highest BCUT2D eigenvalue weighted by Gasteiger charge is 1.92. The Bertz CT molecular complexity index is 225. The van der Waals surface area contributed by atoms with E-state index in [0.717, 1.165) is 5.75 Å². The van der Waals surface area contributed by atoms with Crippen LogP contribution in [0.2, 0.25) is 0 Å². The van der Waals surface area contributed by atoms with Gasteiger partial charge in [0.1, 0.15) is 5.82 Å². The van der Waals surface area contributed by atoms with Gasteiger partial charge in [-0.15, -0.1) is 11.8 Å². The predicted octanol–water partition coefficient (Wildman–Crippen LogP) is 2.17. The van der Waals surface area contributed by atoms with Gasteiger partial charge in [-0.05, 0) is 24.3 Å². The van der Waals surface area contributed by atoms with E-state index in [-0.39, 0.29) is 0 Å². The molecule has 0 aliphatic rings. The summed E-state index contributed by atoms with van der Waals surface area (Å²) in [5, 5.41) is 0. The summed E-state index contributed by atoms with van der Waals surface area (Å²) in [7, 11) is 0. The summed E-state index contributed by atoms with van der Waals surface area (Å²) >= 11 is 1.81. The van der Waals surface area contributed by atoms with Gasteiger partial charge in [-0.25, -0.2) is 4.98 Å². The topological polar surface area (TPSA) is 38.9 Å². The van der Waals surface area contributed by atoms with Crippen molar-refractivity contribution in [2.45, 2.75) is 18.2 Å². The van der Waals surface area contributed by atoms with Gasteiger partial charge in [-0.2, -0.15) is 0 Å². The first-order valence-corrected chi connectivity index (χ1v) is 4.66. The van der Waals surface area contributed by atoms with Crippen molar-refractivity contribution in [3.63, 3.8) is 0 Å². The molecule has 60 valence electrons. The first-order valence-electron chi connectivity index (χ1n) is 3.67. The second-order valence-corrected chi connectivity index (χ2v) is 3.43. The Labute approximate surface area is 71.2 Å². The average molecular weight is 168 g/mol. The summed E-state index contributed by atoms with van der Waals surface area (Å²) in [6, 6.07) is 3.89. The maximum Gasteiger partial charge on any atom is 0.124 e. The standard InChI is InChI=1S/C8H12N2S/c1-2-5-11-7-3-4-10-8(9)6-7/h3-4,6H,2,5H2,1H3,(H2,9,10). The molecule has 0 radical (unpaired) electrons. The summed E-state index contributed by atoms with van der Waals surface area (Å²) in [4.78, 5) is 5.12. The molecule has 0 saturated heterocycles. The first kappa shape index (κ1) is 8.40. The third-order valence-electron chi connectivity index (χ3n) is 1.23. The Balaban J connectivity index is 2.56. The lowest BCUT2D eigenvalue weighted by atomic mass is 10.5. The third-order valence-corrected chi connectivity index (χ3v) is 2.43. The molecule has 0 aromatic carbocycles. The molecule has 3 heteroatoms. The minimum atomic E-state index is 0.603. The van der Waals surface area contributed by atoms with Gasteiger partial charge < -0.3 is 5.73 Å². The van der Waals surface area contributed by atoms with Crippen LogP contribution in [0, 0.1) is 0 Å². The molecule has 0 bridgehead atoms. The number of hydrogen-bond donors (Lipinski definition) is 1. The van der Waals surface area contributed by atoms with E-state index in [2.05, 4.69) is 11.9 Å². The van der Waals surface area contributed by atoms with Crippen LogP contribution in [0.25, 0.3) is 0 Å². The van der Waals surface area contributed by atoms with Crippen LogP contribution in [0.15, 0.2) is 23.2 Å².